The van der Waals surface area contributed by atoms with E-state index in [1.54, 1.807) is 0 Å². The summed E-state index contributed by atoms with van der Waals surface area (Å²) in [6, 6.07) is 31.4. The number of ether oxygens (including phenoxy) is 2. The molecule has 6 rings (SSSR count). The molecule has 256 valence electrons. The van der Waals surface area contributed by atoms with Gasteiger partial charge in [-0.25, -0.2) is 4.79 Å². The van der Waals surface area contributed by atoms with E-state index in [9.17, 15) is 4.79 Å². The third-order valence-corrected chi connectivity index (χ3v) is 16.8. The van der Waals surface area contributed by atoms with Crippen molar-refractivity contribution >= 4 is 24.7 Å². The molecule has 2 bridgehead atoms. The Morgan fingerprint density at radius 1 is 0.896 bits per heavy atom. The van der Waals surface area contributed by atoms with Crippen molar-refractivity contribution in [2.75, 3.05) is 6.61 Å². The molecule has 0 radical (unpaired) electrons. The first-order chi connectivity index (χ1) is 22.9. The molecule has 1 saturated heterocycles. The Morgan fingerprint density at radius 2 is 1.48 bits per heavy atom. The zero-order valence-corrected chi connectivity index (χ0v) is 31.2. The summed E-state index contributed by atoms with van der Waals surface area (Å²) in [5.41, 5.74) is 1.23. The Hall–Kier alpha value is -2.99. The Bertz CT molecular complexity index is 1510. The third-order valence-electron chi connectivity index (χ3n) is 11.8. The molecule has 3 aliphatic rings. The lowest BCUT2D eigenvalue weighted by atomic mass is 9.59. The second-order valence-corrected chi connectivity index (χ2v) is 20.6. The molecule has 2 heterocycles. The van der Waals surface area contributed by atoms with Crippen molar-refractivity contribution in [3.63, 3.8) is 0 Å². The topological polar surface area (TPSA) is 44.8 Å². The molecular weight excluding hydrogens is 609 g/mol. The van der Waals surface area contributed by atoms with Crippen molar-refractivity contribution < 1.29 is 18.7 Å². The van der Waals surface area contributed by atoms with Crippen LogP contribution in [0.4, 0.5) is 0 Å². The molecule has 0 amide bonds. The van der Waals surface area contributed by atoms with Gasteiger partial charge in [0.15, 0.2) is 0 Å². The van der Waals surface area contributed by atoms with Crippen LogP contribution in [0.25, 0.3) is 0 Å². The maximum atomic E-state index is 13.6. The minimum atomic E-state index is -2.70. The third kappa shape index (κ3) is 6.63. The molecule has 2 aliphatic heterocycles. The molecular formula is C43H56O4Si. The lowest BCUT2D eigenvalue weighted by Gasteiger charge is -2.48. The number of esters is 1. The normalized spacial score (nSPS) is 30.4. The molecule has 0 N–H and O–H groups in total. The Balaban J connectivity index is 1.39. The van der Waals surface area contributed by atoms with Crippen LogP contribution in [0.1, 0.15) is 90.9 Å². The lowest BCUT2D eigenvalue weighted by molar-refractivity contribution is -0.124. The van der Waals surface area contributed by atoms with E-state index in [-0.39, 0.29) is 29.1 Å². The molecule has 48 heavy (non-hydrogen) atoms. The van der Waals surface area contributed by atoms with Gasteiger partial charge in [0, 0.05) is 6.61 Å². The highest BCUT2D eigenvalue weighted by atomic mass is 28.4. The number of hydrogen-bond acceptors (Lipinski definition) is 4. The van der Waals surface area contributed by atoms with Crippen LogP contribution < -0.4 is 10.4 Å². The summed E-state index contributed by atoms with van der Waals surface area (Å²) in [6.45, 7) is 16.9. The number of benzene rings is 3. The monoisotopic (exact) mass is 664 g/mol. The van der Waals surface area contributed by atoms with Gasteiger partial charge in [0.25, 0.3) is 8.32 Å². The molecule has 0 spiro atoms. The van der Waals surface area contributed by atoms with Gasteiger partial charge in [0.05, 0.1) is 11.7 Å². The predicted octanol–water partition coefficient (Wildman–Crippen LogP) is 8.99. The Labute approximate surface area is 290 Å². The first-order valence-corrected chi connectivity index (χ1v) is 20.2. The van der Waals surface area contributed by atoms with Crippen LogP contribution in [0.15, 0.2) is 103 Å². The summed E-state index contributed by atoms with van der Waals surface area (Å²) in [5.74, 6) is 1.71. The largest absolute Gasteiger partial charge is 0.453 e. The van der Waals surface area contributed by atoms with Crippen molar-refractivity contribution in [2.24, 2.45) is 29.6 Å². The highest BCUT2D eigenvalue weighted by Crippen LogP contribution is 2.56. The van der Waals surface area contributed by atoms with Crippen LogP contribution >= 0.6 is 0 Å². The second kappa shape index (κ2) is 14.1. The Kier molecular flexibility index (Phi) is 10.2. The summed E-state index contributed by atoms with van der Waals surface area (Å²) in [6.07, 6.45) is 7.06. The fourth-order valence-corrected chi connectivity index (χ4v) is 14.2. The van der Waals surface area contributed by atoms with E-state index in [4.69, 9.17) is 13.9 Å². The average molecular weight is 665 g/mol. The molecule has 0 unspecified atom stereocenters. The second-order valence-electron chi connectivity index (χ2n) is 16.3. The van der Waals surface area contributed by atoms with Crippen LogP contribution in [0.2, 0.25) is 5.04 Å². The van der Waals surface area contributed by atoms with Gasteiger partial charge in [0.1, 0.15) is 11.7 Å². The molecule has 1 saturated carbocycles. The van der Waals surface area contributed by atoms with Crippen LogP contribution in [0.5, 0.6) is 0 Å². The number of carbonyl (C=O) groups is 1. The first kappa shape index (κ1) is 34.9. The van der Waals surface area contributed by atoms with E-state index in [0.717, 1.165) is 32.1 Å². The summed E-state index contributed by atoms with van der Waals surface area (Å²) in [5, 5.41) is 2.56. The van der Waals surface area contributed by atoms with Crippen LogP contribution in [0.3, 0.4) is 0 Å². The number of fused-ring (bicyclic) bond motifs is 5. The maximum absolute atomic E-state index is 13.6. The summed E-state index contributed by atoms with van der Waals surface area (Å²) < 4.78 is 21.5. The standard InChI is InChI=1S/C43H56O4Si/c1-30(2)36-26-25-33(29-45-48(42(4,5)6,34-21-13-9-14-22-34)35-23-15-10-16-24-35)38-37-28-31(3)18-17-27-43(7,40(46-37)39(36)38)47-41(44)32-19-11-8-12-20-32/h8-16,18-24,30,33,36-40H,17,25-29H2,1-7H3/b31-18-/t33-,36+,37+,38+,39+,40+,43+/m0/s1. The quantitative estimate of drug-likeness (QED) is 0.137. The fourth-order valence-electron chi connectivity index (χ4n) is 9.54. The molecule has 5 heteroatoms. The van der Waals surface area contributed by atoms with Gasteiger partial charge in [-0.15, -0.1) is 0 Å². The van der Waals surface area contributed by atoms with E-state index in [1.165, 1.54) is 15.9 Å². The molecule has 1 aliphatic carbocycles. The van der Waals surface area contributed by atoms with Gasteiger partial charge in [-0.2, -0.15) is 0 Å². The highest BCUT2D eigenvalue weighted by molar-refractivity contribution is 6.99. The number of rotatable bonds is 8. The average Bonchev–Trinajstić information content (AvgIpc) is 3.47. The summed E-state index contributed by atoms with van der Waals surface area (Å²) in [4.78, 5) is 13.6. The minimum absolute atomic E-state index is 0.0680. The van der Waals surface area contributed by atoms with E-state index < -0.39 is 13.9 Å². The summed E-state index contributed by atoms with van der Waals surface area (Å²) >= 11 is 0. The molecule has 3 aromatic carbocycles. The number of hydrogen-bond donors (Lipinski definition) is 0. The number of carbonyl (C=O) groups excluding carboxylic acids is 1. The van der Waals surface area contributed by atoms with Crippen LogP contribution in [0, 0.1) is 29.6 Å². The molecule has 7 atom stereocenters. The molecule has 2 fully saturated rings. The minimum Gasteiger partial charge on any atom is -0.453 e. The fraction of sp³-hybridized carbons (Fsp3) is 0.512. The van der Waals surface area contributed by atoms with Gasteiger partial charge in [-0.05, 0) is 103 Å². The molecule has 4 nitrogen and oxygen atoms in total. The van der Waals surface area contributed by atoms with E-state index >= 15 is 0 Å². The first-order valence-electron chi connectivity index (χ1n) is 18.3. The summed E-state index contributed by atoms with van der Waals surface area (Å²) in [7, 11) is -2.70. The zero-order chi connectivity index (χ0) is 34.1. The van der Waals surface area contributed by atoms with Crippen molar-refractivity contribution in [2.45, 2.75) is 103 Å². The van der Waals surface area contributed by atoms with Gasteiger partial charge in [-0.1, -0.05) is 125 Å². The SMILES string of the molecule is C/C1=C/CC[C@@](C)(OC(=O)c2ccccc2)[C@@H]2O[C@H](C1)[C@H]1[C@H](CO[Si](c3ccccc3)(c3ccccc3)C(C)(C)C)CC[C@H](C(C)C)[C@H]12. The Morgan fingerprint density at radius 3 is 2.04 bits per heavy atom. The molecule has 0 aromatic heterocycles. The van der Waals surface area contributed by atoms with Crippen LogP contribution in [-0.4, -0.2) is 38.7 Å². The van der Waals surface area contributed by atoms with E-state index in [0.29, 0.717) is 35.8 Å². The van der Waals surface area contributed by atoms with Gasteiger partial charge >= 0.3 is 5.97 Å². The van der Waals surface area contributed by atoms with E-state index in [2.05, 4.69) is 115 Å². The van der Waals surface area contributed by atoms with Crippen molar-refractivity contribution in [3.05, 3.63) is 108 Å². The number of allylic oxidation sites excluding steroid dienone is 1. The lowest BCUT2D eigenvalue weighted by Crippen LogP contribution is -2.67. The van der Waals surface area contributed by atoms with Crippen LogP contribution in [-0.2, 0) is 13.9 Å². The van der Waals surface area contributed by atoms with Gasteiger partial charge in [-0.3, -0.25) is 0 Å². The highest BCUT2D eigenvalue weighted by Gasteiger charge is 2.60. The maximum Gasteiger partial charge on any atom is 0.338 e. The smallest absolute Gasteiger partial charge is 0.338 e. The van der Waals surface area contributed by atoms with E-state index in [1.807, 2.05) is 30.3 Å². The van der Waals surface area contributed by atoms with Gasteiger partial charge < -0.3 is 13.9 Å². The van der Waals surface area contributed by atoms with Crippen molar-refractivity contribution in [3.8, 4) is 0 Å². The predicted molar refractivity (Wildman–Crippen MR) is 198 cm³/mol. The van der Waals surface area contributed by atoms with Gasteiger partial charge in [0.2, 0.25) is 0 Å². The van der Waals surface area contributed by atoms with Crippen molar-refractivity contribution in [1.29, 1.82) is 0 Å². The van der Waals surface area contributed by atoms with Crippen molar-refractivity contribution in [1.82, 2.24) is 0 Å². The zero-order valence-electron chi connectivity index (χ0n) is 30.2. The molecule has 3 aromatic rings.